The second kappa shape index (κ2) is 6.85. The summed E-state index contributed by atoms with van der Waals surface area (Å²) in [4.78, 5) is 0.139. The van der Waals surface area contributed by atoms with Gasteiger partial charge in [-0.3, -0.25) is 0 Å². The molecule has 0 saturated carbocycles. The van der Waals surface area contributed by atoms with Crippen LogP contribution in [0.15, 0.2) is 23.1 Å². The summed E-state index contributed by atoms with van der Waals surface area (Å²) in [6.07, 6.45) is 0.813. The highest BCUT2D eigenvalue weighted by Gasteiger charge is 2.34. The lowest BCUT2D eigenvalue weighted by Gasteiger charge is -2.35. The third-order valence-corrected chi connectivity index (χ3v) is 6.25. The van der Waals surface area contributed by atoms with Crippen molar-refractivity contribution in [2.75, 3.05) is 33.9 Å². The summed E-state index contributed by atoms with van der Waals surface area (Å²) in [5, 5.41) is 0. The Morgan fingerprint density at radius 2 is 2.05 bits per heavy atom. The van der Waals surface area contributed by atoms with Gasteiger partial charge in [0.2, 0.25) is 10.0 Å². The minimum absolute atomic E-state index is 0.139. The first kappa shape index (κ1) is 17.1. The third kappa shape index (κ3) is 3.21. The number of methoxy groups -OCH3 is 2. The summed E-state index contributed by atoms with van der Waals surface area (Å²) in [6.45, 7) is 3.55. The molecule has 124 valence electrons. The molecular weight excluding hydrogens is 304 g/mol. The zero-order chi connectivity index (χ0) is 16.3. The molecule has 2 N–H and O–H groups in total. The maximum absolute atomic E-state index is 13.0. The summed E-state index contributed by atoms with van der Waals surface area (Å²) in [5.74, 6) is 1.42. The molecule has 2 unspecified atom stereocenters. The Kier molecular flexibility index (Phi) is 5.31. The lowest BCUT2D eigenvalue weighted by molar-refractivity contribution is 0.203. The number of hydrogen-bond acceptors (Lipinski definition) is 5. The lowest BCUT2D eigenvalue weighted by atomic mass is 9.88. The van der Waals surface area contributed by atoms with E-state index >= 15 is 0 Å². The Morgan fingerprint density at radius 1 is 1.32 bits per heavy atom. The topological polar surface area (TPSA) is 81.9 Å². The van der Waals surface area contributed by atoms with E-state index in [1.807, 2.05) is 0 Å². The fourth-order valence-corrected chi connectivity index (χ4v) is 4.45. The van der Waals surface area contributed by atoms with Crippen LogP contribution in [0.4, 0.5) is 0 Å². The Labute approximate surface area is 132 Å². The molecule has 2 rings (SSSR count). The molecule has 22 heavy (non-hydrogen) atoms. The van der Waals surface area contributed by atoms with Crippen LogP contribution in [0, 0.1) is 11.8 Å². The zero-order valence-corrected chi connectivity index (χ0v) is 14.1. The van der Waals surface area contributed by atoms with Crippen LogP contribution in [0.2, 0.25) is 0 Å². The van der Waals surface area contributed by atoms with Gasteiger partial charge in [-0.25, -0.2) is 8.42 Å². The second-order valence-electron chi connectivity index (χ2n) is 5.64. The Bertz CT molecular complexity index is 618. The molecule has 1 aromatic rings. The van der Waals surface area contributed by atoms with Crippen LogP contribution in [0.1, 0.15) is 13.3 Å². The van der Waals surface area contributed by atoms with Gasteiger partial charge < -0.3 is 15.2 Å². The summed E-state index contributed by atoms with van der Waals surface area (Å²) < 4.78 is 37.8. The highest BCUT2D eigenvalue weighted by molar-refractivity contribution is 7.89. The van der Waals surface area contributed by atoms with E-state index in [9.17, 15) is 8.42 Å². The van der Waals surface area contributed by atoms with E-state index in [-0.39, 0.29) is 10.8 Å². The van der Waals surface area contributed by atoms with E-state index in [0.29, 0.717) is 37.1 Å². The maximum atomic E-state index is 13.0. The standard InChI is InChI=1S/C15H24N2O4S/c1-11-6-7-17(10-12(11)9-16)22(18,19)15-8-13(20-2)4-5-14(15)21-3/h4-5,8,11-12H,6-7,9-10,16H2,1-3H3. The first-order valence-corrected chi connectivity index (χ1v) is 8.80. The highest BCUT2D eigenvalue weighted by atomic mass is 32.2. The average Bonchev–Trinajstić information content (AvgIpc) is 2.54. The molecule has 0 spiro atoms. The first-order chi connectivity index (χ1) is 10.4. The van der Waals surface area contributed by atoms with Crippen molar-refractivity contribution in [3.05, 3.63) is 18.2 Å². The number of nitrogens with two attached hydrogens (primary N) is 1. The molecule has 0 aromatic heterocycles. The van der Waals surface area contributed by atoms with E-state index < -0.39 is 10.0 Å². The van der Waals surface area contributed by atoms with Gasteiger partial charge in [0.05, 0.1) is 14.2 Å². The molecule has 0 radical (unpaired) electrons. The van der Waals surface area contributed by atoms with Crippen molar-refractivity contribution in [1.29, 1.82) is 0 Å². The molecule has 1 aliphatic heterocycles. The van der Waals surface area contributed by atoms with Gasteiger partial charge in [-0.15, -0.1) is 0 Å². The highest BCUT2D eigenvalue weighted by Crippen LogP contribution is 2.33. The summed E-state index contributed by atoms with van der Waals surface area (Å²) in [6, 6.07) is 4.79. The fraction of sp³-hybridized carbons (Fsp3) is 0.600. The minimum atomic E-state index is -3.63. The van der Waals surface area contributed by atoms with Crippen LogP contribution in [-0.4, -0.2) is 46.6 Å². The van der Waals surface area contributed by atoms with Crippen molar-refractivity contribution < 1.29 is 17.9 Å². The number of ether oxygens (including phenoxy) is 2. The number of hydrogen-bond donors (Lipinski definition) is 1. The minimum Gasteiger partial charge on any atom is -0.497 e. The normalized spacial score (nSPS) is 23.3. The second-order valence-corrected chi connectivity index (χ2v) is 7.55. The summed E-state index contributed by atoms with van der Waals surface area (Å²) in [7, 11) is -0.666. The molecule has 0 bridgehead atoms. The van der Waals surface area contributed by atoms with Crippen LogP contribution in [0.3, 0.4) is 0 Å². The summed E-state index contributed by atoms with van der Waals surface area (Å²) >= 11 is 0. The van der Waals surface area contributed by atoms with Crippen LogP contribution >= 0.6 is 0 Å². The van der Waals surface area contributed by atoms with Crippen molar-refractivity contribution in [3.8, 4) is 11.5 Å². The number of benzene rings is 1. The SMILES string of the molecule is COc1ccc(OC)c(S(=O)(=O)N2CCC(C)C(CN)C2)c1. The molecule has 2 atom stereocenters. The monoisotopic (exact) mass is 328 g/mol. The van der Waals surface area contributed by atoms with E-state index in [1.54, 1.807) is 12.1 Å². The fourth-order valence-electron chi connectivity index (χ4n) is 2.77. The average molecular weight is 328 g/mol. The third-order valence-electron chi connectivity index (χ3n) is 4.37. The number of nitrogens with zero attached hydrogens (tertiary/aromatic N) is 1. The van der Waals surface area contributed by atoms with Gasteiger partial charge in [0, 0.05) is 19.2 Å². The molecule has 1 saturated heterocycles. The van der Waals surface area contributed by atoms with Gasteiger partial charge in [0.25, 0.3) is 0 Å². The number of piperidine rings is 1. The van der Waals surface area contributed by atoms with Crippen molar-refractivity contribution in [3.63, 3.8) is 0 Å². The summed E-state index contributed by atoms with van der Waals surface area (Å²) in [5.41, 5.74) is 5.77. The maximum Gasteiger partial charge on any atom is 0.246 e. The number of sulfonamides is 1. The van der Waals surface area contributed by atoms with Crippen LogP contribution < -0.4 is 15.2 Å². The quantitative estimate of drug-likeness (QED) is 0.881. The molecule has 6 nitrogen and oxygen atoms in total. The first-order valence-electron chi connectivity index (χ1n) is 7.36. The van der Waals surface area contributed by atoms with Crippen LogP contribution in [-0.2, 0) is 10.0 Å². The van der Waals surface area contributed by atoms with Gasteiger partial charge in [-0.05, 0) is 36.9 Å². The van der Waals surface area contributed by atoms with Gasteiger partial charge in [0.1, 0.15) is 16.4 Å². The smallest absolute Gasteiger partial charge is 0.246 e. The molecule has 1 aliphatic rings. The number of rotatable bonds is 5. The Hall–Kier alpha value is -1.31. The zero-order valence-electron chi connectivity index (χ0n) is 13.3. The molecule has 1 heterocycles. The molecule has 0 aliphatic carbocycles. The van der Waals surface area contributed by atoms with E-state index in [4.69, 9.17) is 15.2 Å². The predicted octanol–water partition coefficient (Wildman–Crippen LogP) is 1.31. The Morgan fingerprint density at radius 3 is 2.64 bits per heavy atom. The van der Waals surface area contributed by atoms with Gasteiger partial charge >= 0.3 is 0 Å². The molecule has 1 aromatic carbocycles. The van der Waals surface area contributed by atoms with Crippen LogP contribution in [0.5, 0.6) is 11.5 Å². The Balaban J connectivity index is 2.38. The van der Waals surface area contributed by atoms with Gasteiger partial charge in [-0.1, -0.05) is 6.92 Å². The van der Waals surface area contributed by atoms with Crippen LogP contribution in [0.25, 0.3) is 0 Å². The van der Waals surface area contributed by atoms with E-state index in [1.165, 1.54) is 24.6 Å². The molecule has 1 fully saturated rings. The molecule has 7 heteroatoms. The van der Waals surface area contributed by atoms with Gasteiger partial charge in [-0.2, -0.15) is 4.31 Å². The molecule has 0 amide bonds. The predicted molar refractivity (Wildman–Crippen MR) is 84.6 cm³/mol. The van der Waals surface area contributed by atoms with Gasteiger partial charge in [0.15, 0.2) is 0 Å². The van der Waals surface area contributed by atoms with E-state index in [2.05, 4.69) is 6.92 Å². The lowest BCUT2D eigenvalue weighted by Crippen LogP contribution is -2.45. The van der Waals surface area contributed by atoms with Crippen molar-refractivity contribution in [2.24, 2.45) is 17.6 Å². The van der Waals surface area contributed by atoms with Crippen molar-refractivity contribution in [2.45, 2.75) is 18.2 Å². The van der Waals surface area contributed by atoms with Crippen molar-refractivity contribution in [1.82, 2.24) is 4.31 Å². The van der Waals surface area contributed by atoms with E-state index in [0.717, 1.165) is 6.42 Å². The van der Waals surface area contributed by atoms with Crippen molar-refractivity contribution >= 4 is 10.0 Å². The largest absolute Gasteiger partial charge is 0.497 e. The molecular formula is C15H24N2O4S.